The van der Waals surface area contributed by atoms with Crippen molar-refractivity contribution in [2.75, 3.05) is 11.4 Å². The lowest BCUT2D eigenvalue weighted by atomic mass is 10.1. The van der Waals surface area contributed by atoms with Gasteiger partial charge in [0.05, 0.1) is 5.69 Å². The molecule has 5 aromatic carbocycles. The molecule has 3 heteroatoms. The van der Waals surface area contributed by atoms with Gasteiger partial charge in [-0.15, -0.1) is 0 Å². The summed E-state index contributed by atoms with van der Waals surface area (Å²) in [7, 11) is -3.12. The van der Waals surface area contributed by atoms with Crippen LogP contribution in [0.2, 0.25) is 0 Å². The predicted octanol–water partition coefficient (Wildman–Crippen LogP) is 6.17. The number of nitrogens with zero attached hydrogens (tertiary/aromatic N) is 1. The van der Waals surface area contributed by atoms with Gasteiger partial charge in [0.1, 0.15) is 0 Å². The summed E-state index contributed by atoms with van der Waals surface area (Å²) >= 11 is 0. The topological polar surface area (TPSA) is 20.3 Å². The lowest BCUT2D eigenvalue weighted by Gasteiger charge is -2.29. The van der Waals surface area contributed by atoms with Crippen molar-refractivity contribution in [3.05, 3.63) is 127 Å². The van der Waals surface area contributed by atoms with Gasteiger partial charge < -0.3 is 9.46 Å². The zero-order valence-electron chi connectivity index (χ0n) is 18.3. The third-order valence-corrected chi connectivity index (χ3v) is 9.71. The number of hydrogen-bond donors (Lipinski definition) is 0. The Morgan fingerprint density at radius 3 is 1.94 bits per heavy atom. The lowest BCUT2D eigenvalue weighted by molar-refractivity contribution is 0.592. The van der Waals surface area contributed by atoms with Crippen LogP contribution in [0.1, 0.15) is 5.56 Å². The molecule has 0 spiro atoms. The first-order valence-electron chi connectivity index (χ1n) is 11.4. The summed E-state index contributed by atoms with van der Waals surface area (Å²) in [5.41, 5.74) is 3.61. The smallest absolute Gasteiger partial charge is 0.173 e. The SMILES string of the molecule is O=P(c1ccccc1)(c1ccccc1)c1ccc2ccccc2c1N1CCc2ccccc21. The molecule has 0 bridgehead atoms. The molecule has 2 nitrogen and oxygen atoms in total. The Morgan fingerprint density at radius 1 is 0.606 bits per heavy atom. The van der Waals surface area contributed by atoms with E-state index >= 15 is 4.57 Å². The second-order valence-electron chi connectivity index (χ2n) is 8.47. The summed E-state index contributed by atoms with van der Waals surface area (Å²) in [5, 5.41) is 4.92. The van der Waals surface area contributed by atoms with Crippen LogP contribution in [0.25, 0.3) is 10.8 Å². The van der Waals surface area contributed by atoms with Gasteiger partial charge in [0.25, 0.3) is 0 Å². The third kappa shape index (κ3) is 3.22. The van der Waals surface area contributed by atoms with Crippen molar-refractivity contribution in [1.82, 2.24) is 0 Å². The van der Waals surface area contributed by atoms with Gasteiger partial charge in [-0.2, -0.15) is 0 Å². The molecule has 1 heterocycles. The van der Waals surface area contributed by atoms with Crippen molar-refractivity contribution < 1.29 is 4.57 Å². The van der Waals surface area contributed by atoms with Gasteiger partial charge in [-0.1, -0.05) is 109 Å². The molecule has 0 radical (unpaired) electrons. The normalized spacial score (nSPS) is 13.3. The highest BCUT2D eigenvalue weighted by atomic mass is 31.2. The highest BCUT2D eigenvalue weighted by Gasteiger charge is 2.35. The van der Waals surface area contributed by atoms with E-state index in [1.54, 1.807) is 0 Å². The second-order valence-corrected chi connectivity index (χ2v) is 11.2. The first kappa shape index (κ1) is 20.0. The highest BCUT2D eigenvalue weighted by Crippen LogP contribution is 2.49. The van der Waals surface area contributed by atoms with Gasteiger partial charge in [-0.05, 0) is 29.5 Å². The summed E-state index contributed by atoms with van der Waals surface area (Å²) in [6.45, 7) is 0.879. The van der Waals surface area contributed by atoms with Gasteiger partial charge in [-0.25, -0.2) is 0 Å². The minimum Gasteiger partial charge on any atom is -0.340 e. The van der Waals surface area contributed by atoms with E-state index in [2.05, 4.69) is 65.6 Å². The van der Waals surface area contributed by atoms with Crippen LogP contribution in [0.4, 0.5) is 11.4 Å². The minimum absolute atomic E-state index is 0.861. The fourth-order valence-electron chi connectivity index (χ4n) is 5.05. The van der Waals surface area contributed by atoms with Gasteiger partial charge in [-0.3, -0.25) is 0 Å². The molecule has 0 unspecified atom stereocenters. The molecular formula is C30H24NOP. The molecule has 0 aliphatic carbocycles. The molecule has 0 aromatic heterocycles. The van der Waals surface area contributed by atoms with Crippen molar-refractivity contribution in [2.45, 2.75) is 6.42 Å². The van der Waals surface area contributed by atoms with E-state index in [1.807, 2.05) is 60.7 Å². The molecular weight excluding hydrogens is 421 g/mol. The number of anilines is 2. The summed E-state index contributed by atoms with van der Waals surface area (Å²) in [5.74, 6) is 0. The average Bonchev–Trinajstić information content (AvgIpc) is 3.32. The van der Waals surface area contributed by atoms with Crippen LogP contribution in [0.15, 0.2) is 121 Å². The van der Waals surface area contributed by atoms with E-state index in [0.29, 0.717) is 0 Å². The Balaban J connectivity index is 1.71. The molecule has 0 amide bonds. The molecule has 5 aromatic rings. The first-order chi connectivity index (χ1) is 16.3. The van der Waals surface area contributed by atoms with Crippen molar-refractivity contribution in [3.63, 3.8) is 0 Å². The van der Waals surface area contributed by atoms with E-state index in [1.165, 1.54) is 11.3 Å². The molecule has 1 aliphatic heterocycles. The van der Waals surface area contributed by atoms with Crippen molar-refractivity contribution in [1.29, 1.82) is 0 Å². The van der Waals surface area contributed by atoms with Crippen molar-refractivity contribution >= 4 is 45.2 Å². The summed E-state index contributed by atoms with van der Waals surface area (Å²) in [6, 6.07) is 41.2. The molecule has 6 rings (SSSR count). The Labute approximate surface area is 194 Å². The molecule has 160 valence electrons. The van der Waals surface area contributed by atoms with Crippen LogP contribution < -0.4 is 20.8 Å². The zero-order chi connectivity index (χ0) is 22.3. The Bertz CT molecular complexity index is 1450. The van der Waals surface area contributed by atoms with E-state index in [9.17, 15) is 0 Å². The van der Waals surface area contributed by atoms with Crippen LogP contribution in [0, 0.1) is 0 Å². The van der Waals surface area contributed by atoms with Crippen LogP contribution >= 0.6 is 7.14 Å². The van der Waals surface area contributed by atoms with E-state index in [0.717, 1.165) is 45.3 Å². The molecule has 0 atom stereocenters. The predicted molar refractivity (Wildman–Crippen MR) is 140 cm³/mol. The summed E-state index contributed by atoms with van der Waals surface area (Å²) in [6.07, 6.45) is 0.986. The highest BCUT2D eigenvalue weighted by molar-refractivity contribution is 7.85. The van der Waals surface area contributed by atoms with E-state index < -0.39 is 7.14 Å². The van der Waals surface area contributed by atoms with Crippen LogP contribution in [-0.2, 0) is 11.0 Å². The molecule has 0 N–H and O–H groups in total. The Kier molecular flexibility index (Phi) is 4.89. The molecule has 0 fully saturated rings. The Morgan fingerprint density at radius 2 is 1.21 bits per heavy atom. The molecule has 33 heavy (non-hydrogen) atoms. The minimum atomic E-state index is -3.12. The summed E-state index contributed by atoms with van der Waals surface area (Å²) < 4.78 is 15.3. The van der Waals surface area contributed by atoms with Crippen molar-refractivity contribution in [3.8, 4) is 0 Å². The largest absolute Gasteiger partial charge is 0.340 e. The maximum Gasteiger partial charge on any atom is 0.173 e. The van der Waals surface area contributed by atoms with Crippen molar-refractivity contribution in [2.24, 2.45) is 0 Å². The third-order valence-electron chi connectivity index (χ3n) is 6.62. The molecule has 0 saturated heterocycles. The average molecular weight is 446 g/mol. The quantitative estimate of drug-likeness (QED) is 0.308. The van der Waals surface area contributed by atoms with Crippen LogP contribution in [0.5, 0.6) is 0 Å². The monoisotopic (exact) mass is 445 g/mol. The maximum absolute atomic E-state index is 15.3. The molecule has 0 saturated carbocycles. The van der Waals surface area contributed by atoms with Gasteiger partial charge in [0.15, 0.2) is 7.14 Å². The zero-order valence-corrected chi connectivity index (χ0v) is 19.2. The second kappa shape index (κ2) is 8.06. The van der Waals surface area contributed by atoms with E-state index in [4.69, 9.17) is 0 Å². The van der Waals surface area contributed by atoms with Gasteiger partial charge >= 0.3 is 0 Å². The number of rotatable bonds is 4. The standard InChI is InChI=1S/C30H24NOP/c32-33(25-13-3-1-4-14-25,26-15-5-2-6-16-26)29-20-19-23-11-7-9-17-27(23)30(29)31-22-21-24-12-8-10-18-28(24)31/h1-20H,21-22H2. The molecule has 1 aliphatic rings. The van der Waals surface area contributed by atoms with Crippen LogP contribution in [0.3, 0.4) is 0 Å². The lowest BCUT2D eigenvalue weighted by Crippen LogP contribution is -2.30. The Hall–Kier alpha value is -3.61. The van der Waals surface area contributed by atoms with Gasteiger partial charge in [0.2, 0.25) is 0 Å². The summed E-state index contributed by atoms with van der Waals surface area (Å²) in [4.78, 5) is 2.38. The fourth-order valence-corrected chi connectivity index (χ4v) is 7.92. The number of hydrogen-bond acceptors (Lipinski definition) is 2. The fraction of sp³-hybridized carbons (Fsp3) is 0.0667. The maximum atomic E-state index is 15.3. The number of para-hydroxylation sites is 1. The number of benzene rings is 5. The van der Waals surface area contributed by atoms with Crippen LogP contribution in [-0.4, -0.2) is 6.54 Å². The van der Waals surface area contributed by atoms with Gasteiger partial charge in [0, 0.05) is 33.5 Å². The van der Waals surface area contributed by atoms with E-state index in [-0.39, 0.29) is 0 Å². The first-order valence-corrected chi connectivity index (χ1v) is 13.1. The number of fused-ring (bicyclic) bond motifs is 2.